The molecule has 1 aromatic carbocycles. The fraction of sp³-hybridized carbons (Fsp3) is 0.200. The van der Waals surface area contributed by atoms with Crippen molar-refractivity contribution in [1.82, 2.24) is 29.5 Å². The van der Waals surface area contributed by atoms with E-state index in [0.29, 0.717) is 11.8 Å². The fourth-order valence-corrected chi connectivity index (χ4v) is 3.66. The summed E-state index contributed by atoms with van der Waals surface area (Å²) in [4.78, 5) is 9.22. The number of halogens is 1. The highest BCUT2D eigenvalue weighted by molar-refractivity contribution is 5.84. The van der Waals surface area contributed by atoms with Gasteiger partial charge in [-0.05, 0) is 42.7 Å². The maximum atomic E-state index is 13.4. The lowest BCUT2D eigenvalue weighted by molar-refractivity contribution is 0.628. The van der Waals surface area contributed by atoms with E-state index in [9.17, 15) is 4.39 Å². The minimum Gasteiger partial charge on any atom is -0.307 e. The molecule has 0 spiro atoms. The van der Waals surface area contributed by atoms with E-state index in [2.05, 4.69) is 15.4 Å². The molecule has 140 valence electrons. The molecular formula is C20H18FN7. The van der Waals surface area contributed by atoms with Crippen LogP contribution in [0.1, 0.15) is 11.3 Å². The molecule has 4 aromatic rings. The van der Waals surface area contributed by atoms with Gasteiger partial charge in [-0.2, -0.15) is 10.2 Å². The average Bonchev–Trinajstić information content (AvgIpc) is 3.24. The molecule has 0 saturated heterocycles. The van der Waals surface area contributed by atoms with E-state index in [1.54, 1.807) is 16.8 Å². The highest BCUT2D eigenvalue weighted by atomic mass is 19.1. The van der Waals surface area contributed by atoms with Crippen molar-refractivity contribution in [3.05, 3.63) is 59.8 Å². The van der Waals surface area contributed by atoms with Crippen LogP contribution < -0.4 is 5.32 Å². The first-order valence-electron chi connectivity index (χ1n) is 9.03. The molecule has 3 heterocycles. The zero-order chi connectivity index (χ0) is 19.3. The third kappa shape index (κ3) is 2.74. The molecule has 0 saturated carbocycles. The second-order valence-corrected chi connectivity index (χ2v) is 6.87. The lowest BCUT2D eigenvalue weighted by atomic mass is 9.91. The Hall–Kier alpha value is -3.55. The molecule has 0 unspecified atom stereocenters. The second-order valence-electron chi connectivity index (χ2n) is 6.87. The number of hydrogen-bond donors (Lipinski definition) is 1. The molecule has 0 fully saturated rings. The van der Waals surface area contributed by atoms with Gasteiger partial charge in [0.2, 0.25) is 5.95 Å². The van der Waals surface area contributed by atoms with Crippen molar-refractivity contribution < 1.29 is 4.39 Å². The van der Waals surface area contributed by atoms with Crippen LogP contribution in [0.25, 0.3) is 22.5 Å². The van der Waals surface area contributed by atoms with E-state index < -0.39 is 0 Å². The number of nitrogens with one attached hydrogen (secondary N) is 1. The second kappa shape index (κ2) is 6.26. The summed E-state index contributed by atoms with van der Waals surface area (Å²) in [5.41, 5.74) is 5.76. The van der Waals surface area contributed by atoms with Gasteiger partial charge in [0.1, 0.15) is 5.82 Å². The van der Waals surface area contributed by atoms with Gasteiger partial charge < -0.3 is 5.32 Å². The summed E-state index contributed by atoms with van der Waals surface area (Å²) in [6, 6.07) is 8.34. The predicted octanol–water partition coefficient (Wildman–Crippen LogP) is 3.26. The van der Waals surface area contributed by atoms with E-state index in [-0.39, 0.29) is 5.82 Å². The quantitative estimate of drug-likeness (QED) is 0.595. The number of anilines is 2. The Bertz CT molecular complexity index is 1170. The molecule has 28 heavy (non-hydrogen) atoms. The van der Waals surface area contributed by atoms with Gasteiger partial charge in [0, 0.05) is 43.7 Å². The molecule has 0 radical (unpaired) electrons. The van der Waals surface area contributed by atoms with Crippen LogP contribution in [0.3, 0.4) is 0 Å². The summed E-state index contributed by atoms with van der Waals surface area (Å²) < 4.78 is 17.0. The largest absolute Gasteiger partial charge is 0.307 e. The molecule has 8 heteroatoms. The summed E-state index contributed by atoms with van der Waals surface area (Å²) in [6.07, 6.45) is 5.38. The Labute approximate surface area is 160 Å². The van der Waals surface area contributed by atoms with Crippen LogP contribution in [0.15, 0.2) is 42.7 Å². The average molecular weight is 375 g/mol. The third-order valence-electron chi connectivity index (χ3n) is 4.92. The van der Waals surface area contributed by atoms with Crippen molar-refractivity contribution in [2.45, 2.75) is 12.8 Å². The van der Waals surface area contributed by atoms with Crippen molar-refractivity contribution in [2.75, 3.05) is 5.32 Å². The fourth-order valence-electron chi connectivity index (χ4n) is 3.66. The summed E-state index contributed by atoms with van der Waals surface area (Å²) in [6.45, 7) is 0. The minimum absolute atomic E-state index is 0.260. The van der Waals surface area contributed by atoms with Crippen molar-refractivity contribution in [1.29, 1.82) is 0 Å². The maximum absolute atomic E-state index is 13.4. The zero-order valence-electron chi connectivity index (χ0n) is 15.5. The Kier molecular flexibility index (Phi) is 3.71. The molecule has 1 aliphatic rings. The zero-order valence-corrected chi connectivity index (χ0v) is 15.5. The number of benzene rings is 1. The number of fused-ring (bicyclic) bond motifs is 3. The monoisotopic (exact) mass is 375 g/mol. The Morgan fingerprint density at radius 3 is 2.61 bits per heavy atom. The molecule has 7 nitrogen and oxygen atoms in total. The minimum atomic E-state index is -0.260. The van der Waals surface area contributed by atoms with E-state index in [0.717, 1.165) is 46.6 Å². The van der Waals surface area contributed by atoms with Crippen LogP contribution in [0.2, 0.25) is 0 Å². The lowest BCUT2D eigenvalue weighted by Gasteiger charge is -2.16. The third-order valence-corrected chi connectivity index (χ3v) is 4.92. The normalized spacial score (nSPS) is 12.5. The lowest BCUT2D eigenvalue weighted by Crippen LogP contribution is -2.08. The highest BCUT2D eigenvalue weighted by Gasteiger charge is 2.27. The van der Waals surface area contributed by atoms with Gasteiger partial charge in [-0.15, -0.1) is 0 Å². The van der Waals surface area contributed by atoms with E-state index in [1.807, 2.05) is 37.2 Å². The molecule has 5 rings (SSSR count). The summed E-state index contributed by atoms with van der Waals surface area (Å²) in [5.74, 6) is 0.909. The van der Waals surface area contributed by atoms with Gasteiger partial charge in [0.05, 0.1) is 17.1 Å². The van der Waals surface area contributed by atoms with Crippen LogP contribution >= 0.6 is 0 Å². The van der Waals surface area contributed by atoms with Gasteiger partial charge in [-0.1, -0.05) is 0 Å². The Morgan fingerprint density at radius 1 is 1.04 bits per heavy atom. The first-order chi connectivity index (χ1) is 13.6. The van der Waals surface area contributed by atoms with Crippen molar-refractivity contribution >= 4 is 11.8 Å². The molecule has 0 bridgehead atoms. The SMILES string of the molecule is Cn1ccc(Nc2ncc3c(n2)-c2c(nn(C)c2-c2ccc(F)cc2)CC3)n1. The maximum Gasteiger partial charge on any atom is 0.228 e. The Morgan fingerprint density at radius 2 is 1.86 bits per heavy atom. The van der Waals surface area contributed by atoms with Crippen LogP contribution in [-0.2, 0) is 26.9 Å². The van der Waals surface area contributed by atoms with Gasteiger partial charge in [0.15, 0.2) is 5.82 Å². The van der Waals surface area contributed by atoms with Crippen LogP contribution in [0.5, 0.6) is 0 Å². The predicted molar refractivity (Wildman–Crippen MR) is 104 cm³/mol. The molecule has 3 aromatic heterocycles. The van der Waals surface area contributed by atoms with Crippen molar-refractivity contribution in [3.63, 3.8) is 0 Å². The van der Waals surface area contributed by atoms with Gasteiger partial charge in [0.25, 0.3) is 0 Å². The van der Waals surface area contributed by atoms with Gasteiger partial charge >= 0.3 is 0 Å². The van der Waals surface area contributed by atoms with Crippen LogP contribution in [0.4, 0.5) is 16.2 Å². The number of aryl methyl sites for hydroxylation is 4. The molecular weight excluding hydrogens is 357 g/mol. The number of hydrogen-bond acceptors (Lipinski definition) is 5. The first-order valence-corrected chi connectivity index (χ1v) is 9.03. The van der Waals surface area contributed by atoms with Gasteiger partial charge in [-0.3, -0.25) is 9.36 Å². The summed E-state index contributed by atoms with van der Waals surface area (Å²) >= 11 is 0. The number of nitrogens with zero attached hydrogens (tertiary/aromatic N) is 6. The van der Waals surface area contributed by atoms with Crippen LogP contribution in [-0.4, -0.2) is 29.5 Å². The number of aromatic nitrogens is 6. The Balaban J connectivity index is 1.63. The van der Waals surface area contributed by atoms with Gasteiger partial charge in [-0.25, -0.2) is 14.4 Å². The standard InChI is InChI=1S/C20H18FN7/c1-27-10-9-16(26-27)23-20-22-11-13-5-8-15-17(18(13)24-20)19(28(2)25-15)12-3-6-14(21)7-4-12/h3-4,6-7,9-11H,5,8H2,1-2H3,(H,22,23,24,26). The molecule has 0 atom stereocenters. The first kappa shape index (κ1) is 16.6. The van der Waals surface area contributed by atoms with E-state index in [1.165, 1.54) is 12.1 Å². The molecule has 0 amide bonds. The smallest absolute Gasteiger partial charge is 0.228 e. The summed E-state index contributed by atoms with van der Waals surface area (Å²) in [7, 11) is 3.76. The highest BCUT2D eigenvalue weighted by Crippen LogP contribution is 2.39. The molecule has 1 N–H and O–H groups in total. The summed E-state index contributed by atoms with van der Waals surface area (Å²) in [5, 5.41) is 12.2. The van der Waals surface area contributed by atoms with E-state index in [4.69, 9.17) is 10.1 Å². The van der Waals surface area contributed by atoms with Crippen molar-refractivity contribution in [3.8, 4) is 22.5 Å². The topological polar surface area (TPSA) is 73.5 Å². The van der Waals surface area contributed by atoms with Crippen LogP contribution in [0, 0.1) is 5.82 Å². The molecule has 1 aliphatic carbocycles. The van der Waals surface area contributed by atoms with Crippen molar-refractivity contribution in [2.24, 2.45) is 14.1 Å². The van der Waals surface area contributed by atoms with E-state index >= 15 is 0 Å². The number of rotatable bonds is 3. The molecule has 0 aliphatic heterocycles.